The molecule has 0 bridgehead atoms. The summed E-state index contributed by atoms with van der Waals surface area (Å²) in [4.78, 5) is 135. The van der Waals surface area contributed by atoms with E-state index in [0.717, 1.165) is 0 Å². The number of ether oxygens (including phenoxy) is 5. The summed E-state index contributed by atoms with van der Waals surface area (Å²) in [5, 5.41) is 22.0. The molecule has 0 aromatic carbocycles. The molecule has 0 aliphatic carbocycles. The lowest BCUT2D eigenvalue weighted by Crippen LogP contribution is -2.30. The van der Waals surface area contributed by atoms with Crippen molar-refractivity contribution in [3.63, 3.8) is 0 Å². The van der Waals surface area contributed by atoms with Crippen molar-refractivity contribution in [1.82, 2.24) is 26.6 Å². The third-order valence-electron chi connectivity index (χ3n) is 8.65. The Labute approximate surface area is 564 Å². The smallest absolute Gasteiger partial charge is 0.470 e. The first-order chi connectivity index (χ1) is 44.4. The lowest BCUT2D eigenvalue weighted by Gasteiger charge is -2.31. The fraction of sp³-hybridized carbons (Fsp3) is 1.00. The van der Waals surface area contributed by atoms with Crippen molar-refractivity contribution in [1.29, 1.82) is 0 Å². The van der Waals surface area contributed by atoms with Crippen molar-refractivity contribution in [2.75, 3.05) is 194 Å². The van der Waals surface area contributed by atoms with Crippen molar-refractivity contribution in [2.45, 2.75) is 52.3 Å². The predicted molar refractivity (Wildman–Crippen MR) is 310 cm³/mol. The Kier molecular flexibility index (Phi) is 60.0. The molecule has 9 N–H and O–H groups in total. The SMILES string of the molecule is C.C.CCOP(=O)([O-])O.CNCOCC(COP(=O)([O-])OCCOP(=O)([O-])OC(COCNC)COP(=O)([O-])OCCOP(=O)([O-])OC(COCNC)COP(=O)([O-])OCCOP(=O)([O-])OC(COCNC)COP(=O)([O-])OCCOP(=O)([O-])OC(CO)COCNC)OP(=O)(O)O. The third kappa shape index (κ3) is 65.0. The van der Waals surface area contributed by atoms with E-state index in [2.05, 4.69) is 94.4 Å². The third-order valence-corrected chi connectivity index (χ3v) is 17.9. The zero-order valence-corrected chi connectivity index (χ0v) is 60.7. The quantitative estimate of drug-likeness (QED) is 0.0155. The summed E-state index contributed by atoms with van der Waals surface area (Å²) >= 11 is 0. The van der Waals surface area contributed by atoms with Crippen LogP contribution in [0.4, 0.5) is 0 Å². The second-order valence-corrected chi connectivity index (χ2v) is 30.5. The van der Waals surface area contributed by atoms with Gasteiger partial charge in [-0.3, -0.25) is 72.2 Å². The Morgan fingerprint density at radius 2 is 0.490 bits per heavy atom. The van der Waals surface area contributed by atoms with Crippen LogP contribution in [0.5, 0.6) is 0 Å². The van der Waals surface area contributed by atoms with Crippen molar-refractivity contribution < 1.29 is 215 Å². The molecule has 14 atom stereocenters. The van der Waals surface area contributed by atoms with Crippen LogP contribution in [0.25, 0.3) is 0 Å². The van der Waals surface area contributed by atoms with Gasteiger partial charge < -0.3 is 164 Å². The van der Waals surface area contributed by atoms with Gasteiger partial charge in [-0.2, -0.15) is 0 Å². The first-order valence-corrected chi connectivity index (χ1v) is 41.3. The van der Waals surface area contributed by atoms with Gasteiger partial charge in [0.15, 0.2) is 0 Å². The summed E-state index contributed by atoms with van der Waals surface area (Å²) < 4.78 is 227. The van der Waals surface area contributed by atoms with E-state index < -0.39 is 221 Å². The van der Waals surface area contributed by atoms with E-state index in [1.807, 2.05) is 0 Å². The van der Waals surface area contributed by atoms with Crippen LogP contribution < -0.4 is 70.6 Å². The molecule has 0 heterocycles. The summed E-state index contributed by atoms with van der Waals surface area (Å²) in [5.41, 5.74) is 0. The van der Waals surface area contributed by atoms with Crippen molar-refractivity contribution >= 4 is 78.2 Å². The standard InChI is InChI=1S/C33H82N5O42P9.C2H7O4P.2CH4/c1-34-24-59-15-29(14-39)77-86(51,52)68-10-6-65-83(45,46)73-21-31(17-61-26-36-3)79-88(55,56)70-12-8-67-85(49,50)75-23-33(19-63-28-38-5)80-89(57,58)71-13-9-66-84(47,48)74-22-32(18-62-27-37-4)78-87(53,54)69-11-7-64-82(43,44)72-20-30(16-60-25-35-2)76-81(40,41)42;1-2-6-7(3,4)5;;/h29-39H,6-28H2,1-5H3,(H,43,44)(H,45,46)(H,47,48)(H,49,50)(H,51,52)(H,53,54)(H,55,56)(H,57,58)(H2,40,41,42);2H2,1H3,(H2,3,4,5);2*1H4/p-9. The number of nitrogens with one attached hydrogen (secondary N) is 5. The summed E-state index contributed by atoms with van der Waals surface area (Å²) in [6, 6.07) is 0. The Bertz CT molecular complexity index is 2550. The van der Waals surface area contributed by atoms with Gasteiger partial charge in [0.05, 0.1) is 159 Å². The summed E-state index contributed by atoms with van der Waals surface area (Å²) in [6.07, 6.45) is -8.48. The Hall–Kier alpha value is 0.660. The number of phosphoric acid groups is 10. The first kappa shape index (κ1) is 105. The summed E-state index contributed by atoms with van der Waals surface area (Å²) in [5.74, 6) is 0. The highest BCUT2D eigenvalue weighted by molar-refractivity contribution is 7.48. The first-order valence-electron chi connectivity index (χ1n) is 26.5. The largest absolute Gasteiger partial charge is 0.756 e. The average molecular weight is 1650 g/mol. The molecular weight excluding hydrogens is 1560 g/mol. The highest BCUT2D eigenvalue weighted by atomic mass is 31.2. The lowest BCUT2D eigenvalue weighted by molar-refractivity contribution is -0.245. The molecule has 0 aromatic heterocycles. The molecule has 596 valence electrons. The molecule has 0 saturated heterocycles. The zero-order chi connectivity index (χ0) is 73.7. The van der Waals surface area contributed by atoms with Gasteiger partial charge in [-0.25, -0.2) is 4.57 Å². The van der Waals surface area contributed by atoms with Gasteiger partial charge in [0, 0.05) is 0 Å². The molecule has 0 aliphatic rings. The molecule has 0 spiro atoms. The maximum absolute atomic E-state index is 12.7. The molecular formula is C37H88N5O46P10-9. The second kappa shape index (κ2) is 56.0. The monoisotopic (exact) mass is 1650 g/mol. The minimum absolute atomic E-state index is 0. The van der Waals surface area contributed by atoms with Gasteiger partial charge in [-0.1, -0.05) is 14.9 Å². The predicted octanol–water partition coefficient (Wildman–Crippen LogP) is -6.33. The van der Waals surface area contributed by atoms with Gasteiger partial charge >= 0.3 is 7.82 Å². The van der Waals surface area contributed by atoms with Gasteiger partial charge in [0.1, 0.15) is 30.5 Å². The highest BCUT2D eigenvalue weighted by Gasteiger charge is 2.29. The molecule has 0 amide bonds. The summed E-state index contributed by atoms with van der Waals surface area (Å²) in [7, 11) is -45.7. The Morgan fingerprint density at radius 1 is 0.296 bits per heavy atom. The van der Waals surface area contributed by atoms with Crippen LogP contribution in [-0.2, 0) is 151 Å². The number of aliphatic hydroxyl groups excluding tert-OH is 1. The van der Waals surface area contributed by atoms with Crippen LogP contribution in [0.15, 0.2) is 0 Å². The average Bonchev–Trinajstić information content (AvgIpc) is 0.913. The molecule has 0 aromatic rings. The van der Waals surface area contributed by atoms with E-state index in [9.17, 15) is 94.8 Å². The molecule has 51 nitrogen and oxygen atoms in total. The van der Waals surface area contributed by atoms with Crippen LogP contribution in [0, 0.1) is 0 Å². The number of hydrogen-bond donors (Lipinski definition) is 9. The van der Waals surface area contributed by atoms with E-state index in [0.29, 0.717) is 0 Å². The molecule has 98 heavy (non-hydrogen) atoms. The Balaban J connectivity index is -0.00000463. The maximum atomic E-state index is 12.7. The fourth-order valence-corrected chi connectivity index (χ4v) is 12.4. The second-order valence-electron chi connectivity index (χ2n) is 17.0. The van der Waals surface area contributed by atoms with E-state index in [1.165, 1.54) is 42.2 Å². The van der Waals surface area contributed by atoms with Crippen molar-refractivity contribution in [3.05, 3.63) is 0 Å². The molecule has 61 heteroatoms. The van der Waals surface area contributed by atoms with Gasteiger partial charge in [0.2, 0.25) is 0 Å². The number of phosphoric ester groups is 10. The fourth-order valence-electron chi connectivity index (χ4n) is 5.26. The van der Waals surface area contributed by atoms with Crippen LogP contribution in [0.3, 0.4) is 0 Å². The number of aliphatic hydroxyl groups is 1. The van der Waals surface area contributed by atoms with Crippen molar-refractivity contribution in [3.8, 4) is 0 Å². The lowest BCUT2D eigenvalue weighted by atomic mass is 10.4. The van der Waals surface area contributed by atoms with Gasteiger partial charge in [-0.15, -0.1) is 0 Å². The molecule has 0 radical (unpaired) electrons. The topological polar surface area (TPSA) is 732 Å². The maximum Gasteiger partial charge on any atom is 0.470 e. The molecule has 0 aliphatic heterocycles. The molecule has 0 saturated carbocycles. The van der Waals surface area contributed by atoms with E-state index >= 15 is 0 Å². The van der Waals surface area contributed by atoms with Crippen LogP contribution >= 0.6 is 78.2 Å². The number of hydrogen-bond acceptors (Lipinski definition) is 48. The zero-order valence-electron chi connectivity index (χ0n) is 51.8. The highest BCUT2D eigenvalue weighted by Crippen LogP contribution is 2.48. The minimum Gasteiger partial charge on any atom is -0.756 e. The van der Waals surface area contributed by atoms with E-state index in [4.69, 9.17) is 51.9 Å². The van der Waals surface area contributed by atoms with Gasteiger partial charge in [-0.05, 0) is 42.2 Å². The minimum atomic E-state index is -5.56. The van der Waals surface area contributed by atoms with Gasteiger partial charge in [0.25, 0.3) is 70.4 Å². The normalized spacial score (nSPS) is 19.2. The molecule has 0 fully saturated rings. The molecule has 14 unspecified atom stereocenters. The number of rotatable bonds is 65. The van der Waals surface area contributed by atoms with E-state index in [1.54, 1.807) is 0 Å². The van der Waals surface area contributed by atoms with Crippen LogP contribution in [0.2, 0.25) is 0 Å². The van der Waals surface area contributed by atoms with E-state index in [-0.39, 0.29) is 61.7 Å². The Morgan fingerprint density at radius 3 is 0.663 bits per heavy atom. The summed E-state index contributed by atoms with van der Waals surface area (Å²) in [6.45, 7) is -16.4. The molecule has 0 rings (SSSR count). The van der Waals surface area contributed by atoms with Crippen LogP contribution in [-0.4, -0.2) is 245 Å². The van der Waals surface area contributed by atoms with Crippen molar-refractivity contribution in [2.24, 2.45) is 0 Å². The van der Waals surface area contributed by atoms with Crippen LogP contribution in [0.1, 0.15) is 21.8 Å².